The van der Waals surface area contributed by atoms with Crippen molar-refractivity contribution in [2.45, 2.75) is 19.8 Å². The van der Waals surface area contributed by atoms with Crippen LogP contribution in [0, 0.1) is 0 Å². The van der Waals surface area contributed by atoms with Crippen LogP contribution in [0.15, 0.2) is 24.3 Å². The van der Waals surface area contributed by atoms with Crippen molar-refractivity contribution in [2.75, 3.05) is 24.2 Å². The lowest BCUT2D eigenvalue weighted by atomic mass is 10.1. The summed E-state index contributed by atoms with van der Waals surface area (Å²) >= 11 is 4.21. The molecule has 0 aromatic heterocycles. The standard InChI is InChI=1S/C12H19NS/c1-3-11-5-7-12(8-6-11)13(2)9-4-10-14/h5-8,14H,3-4,9-10H2,1-2H3. The third-order valence-electron chi connectivity index (χ3n) is 2.44. The lowest BCUT2D eigenvalue weighted by molar-refractivity contribution is 0.860. The van der Waals surface area contributed by atoms with Crippen LogP contribution in [0.3, 0.4) is 0 Å². The summed E-state index contributed by atoms with van der Waals surface area (Å²) < 4.78 is 0. The molecule has 0 amide bonds. The van der Waals surface area contributed by atoms with Crippen molar-refractivity contribution in [2.24, 2.45) is 0 Å². The molecule has 0 radical (unpaired) electrons. The Balaban J connectivity index is 2.57. The zero-order valence-corrected chi connectivity index (χ0v) is 9.93. The van der Waals surface area contributed by atoms with Gasteiger partial charge in [0.15, 0.2) is 0 Å². The summed E-state index contributed by atoms with van der Waals surface area (Å²) in [5.74, 6) is 0.956. The summed E-state index contributed by atoms with van der Waals surface area (Å²) in [5, 5.41) is 0. The third kappa shape index (κ3) is 3.26. The van der Waals surface area contributed by atoms with Crippen LogP contribution in [0.25, 0.3) is 0 Å². The highest BCUT2D eigenvalue weighted by molar-refractivity contribution is 7.80. The Kier molecular flexibility index (Phi) is 4.88. The van der Waals surface area contributed by atoms with E-state index in [9.17, 15) is 0 Å². The predicted molar refractivity (Wildman–Crippen MR) is 67.6 cm³/mol. The maximum atomic E-state index is 4.21. The summed E-state index contributed by atoms with van der Waals surface area (Å²) in [6, 6.07) is 8.79. The molecule has 1 aromatic rings. The summed E-state index contributed by atoms with van der Waals surface area (Å²) in [7, 11) is 2.13. The van der Waals surface area contributed by atoms with Crippen molar-refractivity contribution >= 4 is 18.3 Å². The van der Waals surface area contributed by atoms with Gasteiger partial charge in [-0.2, -0.15) is 12.6 Å². The number of benzene rings is 1. The number of rotatable bonds is 5. The molecule has 1 aromatic carbocycles. The number of aryl methyl sites for hydroxylation is 1. The summed E-state index contributed by atoms with van der Waals surface area (Å²) in [6.45, 7) is 3.26. The zero-order chi connectivity index (χ0) is 10.4. The van der Waals surface area contributed by atoms with Crippen LogP contribution >= 0.6 is 12.6 Å². The molecule has 0 aliphatic heterocycles. The van der Waals surface area contributed by atoms with Gasteiger partial charge in [-0.25, -0.2) is 0 Å². The first-order valence-electron chi connectivity index (χ1n) is 5.19. The van der Waals surface area contributed by atoms with Crippen LogP contribution in [0.1, 0.15) is 18.9 Å². The maximum Gasteiger partial charge on any atom is 0.0363 e. The van der Waals surface area contributed by atoms with Crippen molar-refractivity contribution in [3.63, 3.8) is 0 Å². The highest BCUT2D eigenvalue weighted by Crippen LogP contribution is 2.14. The van der Waals surface area contributed by atoms with E-state index in [1.54, 1.807) is 0 Å². The second-order valence-electron chi connectivity index (χ2n) is 3.52. The van der Waals surface area contributed by atoms with Crippen molar-refractivity contribution in [1.82, 2.24) is 0 Å². The summed E-state index contributed by atoms with van der Waals surface area (Å²) in [5.41, 5.74) is 2.69. The predicted octanol–water partition coefficient (Wildman–Crippen LogP) is 3.01. The Bertz CT molecular complexity index is 256. The molecule has 0 fully saturated rings. The minimum atomic E-state index is 0.956. The minimum Gasteiger partial charge on any atom is -0.375 e. The molecule has 0 aliphatic rings. The van der Waals surface area contributed by atoms with Gasteiger partial charge in [-0.15, -0.1) is 0 Å². The molecule has 78 valence electrons. The van der Waals surface area contributed by atoms with E-state index < -0.39 is 0 Å². The first kappa shape index (κ1) is 11.4. The topological polar surface area (TPSA) is 3.24 Å². The van der Waals surface area contributed by atoms with Crippen LogP contribution in [-0.2, 0) is 6.42 Å². The molecule has 0 atom stereocenters. The molecule has 1 rings (SSSR count). The van der Waals surface area contributed by atoms with Gasteiger partial charge in [0, 0.05) is 19.3 Å². The van der Waals surface area contributed by atoms with E-state index in [0.717, 1.165) is 25.1 Å². The number of hydrogen-bond acceptors (Lipinski definition) is 2. The molecule has 0 unspecified atom stereocenters. The van der Waals surface area contributed by atoms with Crippen LogP contribution in [0.4, 0.5) is 5.69 Å². The van der Waals surface area contributed by atoms with Crippen LogP contribution < -0.4 is 4.90 Å². The fourth-order valence-corrected chi connectivity index (χ4v) is 1.56. The molecule has 0 N–H and O–H groups in total. The van der Waals surface area contributed by atoms with Crippen LogP contribution in [-0.4, -0.2) is 19.3 Å². The molecule has 2 heteroatoms. The van der Waals surface area contributed by atoms with Gasteiger partial charge in [0.2, 0.25) is 0 Å². The second kappa shape index (κ2) is 5.97. The van der Waals surface area contributed by atoms with E-state index in [4.69, 9.17) is 0 Å². The molecule has 0 saturated carbocycles. The quantitative estimate of drug-likeness (QED) is 0.730. The highest BCUT2D eigenvalue weighted by Gasteiger charge is 1.99. The van der Waals surface area contributed by atoms with Crippen molar-refractivity contribution in [3.8, 4) is 0 Å². The lowest BCUT2D eigenvalue weighted by Gasteiger charge is -2.18. The maximum absolute atomic E-state index is 4.21. The zero-order valence-electron chi connectivity index (χ0n) is 9.03. The monoisotopic (exact) mass is 209 g/mol. The molecular formula is C12H19NS. The van der Waals surface area contributed by atoms with Gasteiger partial charge in [0.1, 0.15) is 0 Å². The number of thiol groups is 1. The summed E-state index contributed by atoms with van der Waals surface area (Å²) in [4.78, 5) is 2.27. The van der Waals surface area contributed by atoms with Crippen molar-refractivity contribution in [3.05, 3.63) is 29.8 Å². The third-order valence-corrected chi connectivity index (χ3v) is 2.75. The summed E-state index contributed by atoms with van der Waals surface area (Å²) in [6.07, 6.45) is 2.25. The number of nitrogens with zero attached hydrogens (tertiary/aromatic N) is 1. The van der Waals surface area contributed by atoms with E-state index in [1.165, 1.54) is 11.3 Å². The average molecular weight is 209 g/mol. The van der Waals surface area contributed by atoms with Crippen molar-refractivity contribution in [1.29, 1.82) is 0 Å². The van der Waals surface area contributed by atoms with E-state index in [1.807, 2.05) is 0 Å². The Morgan fingerprint density at radius 3 is 2.36 bits per heavy atom. The number of anilines is 1. The molecule has 1 nitrogen and oxygen atoms in total. The molecule has 0 aliphatic carbocycles. The largest absolute Gasteiger partial charge is 0.375 e. The van der Waals surface area contributed by atoms with Gasteiger partial charge < -0.3 is 4.90 Å². The van der Waals surface area contributed by atoms with Crippen molar-refractivity contribution < 1.29 is 0 Å². The molecule has 0 heterocycles. The fourth-order valence-electron chi connectivity index (χ4n) is 1.42. The van der Waals surface area contributed by atoms with E-state index in [-0.39, 0.29) is 0 Å². The SMILES string of the molecule is CCc1ccc(N(C)CCCS)cc1. The van der Waals surface area contributed by atoms with E-state index in [0.29, 0.717) is 0 Å². The first-order valence-corrected chi connectivity index (χ1v) is 5.82. The normalized spacial score (nSPS) is 10.2. The Morgan fingerprint density at radius 1 is 1.21 bits per heavy atom. The molecule has 0 bridgehead atoms. The number of hydrogen-bond donors (Lipinski definition) is 1. The Hall–Kier alpha value is -0.630. The molecule has 0 saturated heterocycles. The Morgan fingerprint density at radius 2 is 1.86 bits per heavy atom. The van der Waals surface area contributed by atoms with Gasteiger partial charge in [0.25, 0.3) is 0 Å². The first-order chi connectivity index (χ1) is 6.77. The second-order valence-corrected chi connectivity index (χ2v) is 3.97. The van der Waals surface area contributed by atoms with Gasteiger partial charge in [-0.05, 0) is 36.3 Å². The molecular weight excluding hydrogens is 190 g/mol. The van der Waals surface area contributed by atoms with E-state index >= 15 is 0 Å². The minimum absolute atomic E-state index is 0.956. The highest BCUT2D eigenvalue weighted by atomic mass is 32.1. The smallest absolute Gasteiger partial charge is 0.0363 e. The van der Waals surface area contributed by atoms with Crippen LogP contribution in [0.5, 0.6) is 0 Å². The van der Waals surface area contributed by atoms with Crippen LogP contribution in [0.2, 0.25) is 0 Å². The molecule has 0 spiro atoms. The Labute approximate surface area is 92.5 Å². The van der Waals surface area contributed by atoms with Gasteiger partial charge >= 0.3 is 0 Å². The fraction of sp³-hybridized carbons (Fsp3) is 0.500. The van der Waals surface area contributed by atoms with Gasteiger partial charge in [-0.3, -0.25) is 0 Å². The average Bonchev–Trinajstić information content (AvgIpc) is 2.26. The van der Waals surface area contributed by atoms with E-state index in [2.05, 4.69) is 55.8 Å². The molecule has 14 heavy (non-hydrogen) atoms. The van der Waals surface area contributed by atoms with Gasteiger partial charge in [0.05, 0.1) is 0 Å². The van der Waals surface area contributed by atoms with Gasteiger partial charge in [-0.1, -0.05) is 19.1 Å². The lowest BCUT2D eigenvalue weighted by Crippen LogP contribution is -2.18.